The van der Waals surface area contributed by atoms with Crippen molar-refractivity contribution in [3.63, 3.8) is 0 Å². The van der Waals surface area contributed by atoms with Gasteiger partial charge in [-0.25, -0.2) is 9.59 Å². The number of amides is 2. The molecule has 0 saturated heterocycles. The van der Waals surface area contributed by atoms with Crippen LogP contribution in [-0.2, 0) is 14.3 Å². The van der Waals surface area contributed by atoms with E-state index in [1.165, 1.54) is 0 Å². The normalized spacial score (nSPS) is 11.8. The van der Waals surface area contributed by atoms with Gasteiger partial charge >= 0.3 is 12.2 Å². The number of nitrogens with one attached hydrogen (secondary N) is 2. The van der Waals surface area contributed by atoms with Crippen molar-refractivity contribution in [1.82, 2.24) is 10.6 Å². The number of aldehydes is 1. The molecule has 122 valence electrons. The van der Waals surface area contributed by atoms with Gasteiger partial charge in [0.15, 0.2) is 0 Å². The van der Waals surface area contributed by atoms with Crippen LogP contribution >= 0.6 is 0 Å². The van der Waals surface area contributed by atoms with Gasteiger partial charge in [-0.3, -0.25) is 0 Å². The van der Waals surface area contributed by atoms with Crippen molar-refractivity contribution in [2.24, 2.45) is 5.92 Å². The average Bonchev–Trinajstić information content (AvgIpc) is 2.24. The van der Waals surface area contributed by atoms with Gasteiger partial charge < -0.3 is 24.9 Å². The van der Waals surface area contributed by atoms with Gasteiger partial charge in [0.05, 0.1) is 5.92 Å². The van der Waals surface area contributed by atoms with Gasteiger partial charge in [0.25, 0.3) is 0 Å². The minimum absolute atomic E-state index is 0.145. The zero-order valence-corrected chi connectivity index (χ0v) is 13.6. The largest absolute Gasteiger partial charge is 0.449 e. The van der Waals surface area contributed by atoms with Crippen molar-refractivity contribution >= 4 is 18.5 Å². The Hall–Kier alpha value is -1.79. The highest BCUT2D eigenvalue weighted by Gasteiger charge is 2.19. The van der Waals surface area contributed by atoms with Crippen LogP contribution in [-0.4, -0.2) is 42.8 Å². The summed E-state index contributed by atoms with van der Waals surface area (Å²) in [5, 5.41) is 5.19. The molecule has 0 atom stereocenters. The number of carbonyl (C=O) groups is 3. The minimum Gasteiger partial charge on any atom is -0.449 e. The summed E-state index contributed by atoms with van der Waals surface area (Å²) in [5.41, 5.74) is -0.840. The summed E-state index contributed by atoms with van der Waals surface area (Å²) in [6, 6.07) is 0. The molecule has 2 N–H and O–H groups in total. The quantitative estimate of drug-likeness (QED) is 0.756. The van der Waals surface area contributed by atoms with Gasteiger partial charge in [-0.2, -0.15) is 0 Å². The van der Waals surface area contributed by atoms with E-state index in [-0.39, 0.29) is 13.2 Å². The van der Waals surface area contributed by atoms with Crippen molar-refractivity contribution in [3.8, 4) is 0 Å². The molecule has 0 aromatic rings. The smallest absolute Gasteiger partial charge is 0.407 e. The van der Waals surface area contributed by atoms with E-state index < -0.39 is 29.2 Å². The van der Waals surface area contributed by atoms with Crippen LogP contribution in [0.1, 0.15) is 41.5 Å². The number of rotatable bonds is 5. The zero-order chi connectivity index (χ0) is 16.7. The van der Waals surface area contributed by atoms with E-state index in [9.17, 15) is 14.4 Å². The first-order valence-electron chi connectivity index (χ1n) is 6.78. The van der Waals surface area contributed by atoms with Crippen LogP contribution in [0.2, 0.25) is 0 Å². The second kappa shape index (κ2) is 7.85. The molecule has 0 bridgehead atoms. The molecule has 7 nitrogen and oxygen atoms in total. The molecule has 0 fully saturated rings. The maximum Gasteiger partial charge on any atom is 0.407 e. The molecule has 0 aliphatic carbocycles. The number of alkyl carbamates (subject to hydrolysis) is 2. The van der Waals surface area contributed by atoms with E-state index in [1.807, 2.05) is 41.5 Å². The number of ether oxygens (including phenoxy) is 2. The van der Waals surface area contributed by atoms with E-state index in [2.05, 4.69) is 10.6 Å². The summed E-state index contributed by atoms with van der Waals surface area (Å²) in [6.07, 6.45) is -0.642. The molecular weight excluding hydrogens is 276 g/mol. The molecule has 0 aromatic carbocycles. The lowest BCUT2D eigenvalue weighted by molar-refractivity contribution is -0.113. The van der Waals surface area contributed by atoms with Gasteiger partial charge in [-0.05, 0) is 41.5 Å². The molecule has 0 spiro atoms. The molecule has 0 unspecified atom stereocenters. The van der Waals surface area contributed by atoms with E-state index in [4.69, 9.17) is 9.47 Å². The molecule has 0 saturated carbocycles. The Bertz CT molecular complexity index is 337. The van der Waals surface area contributed by atoms with Crippen LogP contribution in [0.5, 0.6) is 0 Å². The Morgan fingerprint density at radius 1 is 0.905 bits per heavy atom. The number of hydrogen-bond acceptors (Lipinski definition) is 5. The zero-order valence-electron chi connectivity index (χ0n) is 13.6. The maximum atomic E-state index is 11.4. The number of carbonyl (C=O) groups excluding carboxylic acids is 3. The first-order valence-corrected chi connectivity index (χ1v) is 6.78. The second-order valence-electron chi connectivity index (χ2n) is 6.84. The molecule has 0 aromatic heterocycles. The maximum absolute atomic E-state index is 11.4. The summed E-state index contributed by atoms with van der Waals surface area (Å²) in [7, 11) is 0. The van der Waals surface area contributed by atoms with Crippen molar-refractivity contribution < 1.29 is 23.9 Å². The summed E-state index contributed by atoms with van der Waals surface area (Å²) in [6.45, 7) is 10.6. The third kappa shape index (κ3) is 11.7. The van der Waals surface area contributed by atoms with Crippen LogP contribution in [0.3, 0.4) is 0 Å². The van der Waals surface area contributed by atoms with Gasteiger partial charge in [0, 0.05) is 11.1 Å². The minimum atomic E-state index is -0.693. The first-order chi connectivity index (χ1) is 9.43. The van der Waals surface area contributed by atoms with Crippen molar-refractivity contribution in [2.75, 3.05) is 13.2 Å². The van der Waals surface area contributed by atoms with Crippen molar-refractivity contribution in [3.05, 3.63) is 0 Å². The highest BCUT2D eigenvalue weighted by Crippen LogP contribution is 2.03. The highest BCUT2D eigenvalue weighted by atomic mass is 16.6. The predicted octanol–water partition coefficient (Wildman–Crippen LogP) is 1.85. The molecule has 2 amide bonds. The fraction of sp³-hybridized carbons (Fsp3) is 0.786. The molecule has 7 heteroatoms. The van der Waals surface area contributed by atoms with Gasteiger partial charge in [0.1, 0.15) is 19.5 Å². The van der Waals surface area contributed by atoms with E-state index in [0.717, 1.165) is 0 Å². The fourth-order valence-electron chi connectivity index (χ4n) is 1.18. The van der Waals surface area contributed by atoms with Gasteiger partial charge in [-0.1, -0.05) is 0 Å². The molecule has 0 heterocycles. The SMILES string of the molecule is CC(C)(C)NC(=O)OCC(C=O)COC(=O)NC(C)(C)C. The Morgan fingerprint density at radius 2 is 1.24 bits per heavy atom. The Balaban J connectivity index is 4.10. The molecule has 0 aliphatic rings. The predicted molar refractivity (Wildman–Crippen MR) is 78.0 cm³/mol. The van der Waals surface area contributed by atoms with Crippen molar-refractivity contribution in [2.45, 2.75) is 52.6 Å². The first kappa shape index (κ1) is 19.2. The van der Waals surface area contributed by atoms with Crippen LogP contribution < -0.4 is 10.6 Å². The lowest BCUT2D eigenvalue weighted by Crippen LogP contribution is -2.42. The Morgan fingerprint density at radius 3 is 1.48 bits per heavy atom. The van der Waals surface area contributed by atoms with E-state index in [0.29, 0.717) is 6.29 Å². The lowest BCUT2D eigenvalue weighted by atomic mass is 10.1. The standard InChI is InChI=1S/C14H26N2O5/c1-13(2,3)15-11(18)20-8-10(7-17)9-21-12(19)16-14(4,5)6/h7,10H,8-9H2,1-6H3,(H,15,18)(H,16,19). The van der Waals surface area contributed by atoms with Crippen LogP contribution in [0, 0.1) is 5.92 Å². The molecule has 0 radical (unpaired) electrons. The average molecular weight is 302 g/mol. The summed E-state index contributed by atoms with van der Waals surface area (Å²) in [5.74, 6) is -0.693. The fourth-order valence-corrected chi connectivity index (χ4v) is 1.18. The topological polar surface area (TPSA) is 93.7 Å². The van der Waals surface area contributed by atoms with Gasteiger partial charge in [0.2, 0.25) is 0 Å². The third-order valence-corrected chi connectivity index (χ3v) is 2.00. The van der Waals surface area contributed by atoms with Crippen LogP contribution in [0.4, 0.5) is 9.59 Å². The van der Waals surface area contributed by atoms with Crippen molar-refractivity contribution in [1.29, 1.82) is 0 Å². The summed E-state index contributed by atoms with van der Waals surface area (Å²) < 4.78 is 9.82. The van der Waals surface area contributed by atoms with Crippen LogP contribution in [0.15, 0.2) is 0 Å². The highest BCUT2D eigenvalue weighted by molar-refractivity contribution is 5.69. The summed E-state index contributed by atoms with van der Waals surface area (Å²) >= 11 is 0. The molecular formula is C14H26N2O5. The third-order valence-electron chi connectivity index (χ3n) is 2.00. The molecule has 0 rings (SSSR count). The van der Waals surface area contributed by atoms with Crippen LogP contribution in [0.25, 0.3) is 0 Å². The van der Waals surface area contributed by atoms with E-state index >= 15 is 0 Å². The monoisotopic (exact) mass is 302 g/mol. The molecule has 21 heavy (non-hydrogen) atoms. The second-order valence-corrected chi connectivity index (χ2v) is 6.84. The molecule has 0 aliphatic heterocycles. The lowest BCUT2D eigenvalue weighted by Gasteiger charge is -2.22. The Kier molecular flexibility index (Phi) is 7.18. The van der Waals surface area contributed by atoms with Gasteiger partial charge in [-0.15, -0.1) is 0 Å². The Labute approximate surface area is 125 Å². The summed E-state index contributed by atoms with van der Waals surface area (Å²) in [4.78, 5) is 33.7. The number of hydrogen-bond donors (Lipinski definition) is 2. The van der Waals surface area contributed by atoms with E-state index in [1.54, 1.807) is 0 Å².